The molecule has 1 aromatic rings. The van der Waals surface area contributed by atoms with E-state index < -0.39 is 6.04 Å². The van der Waals surface area contributed by atoms with Crippen LogP contribution in [-0.2, 0) is 20.9 Å². The van der Waals surface area contributed by atoms with E-state index in [0.717, 1.165) is 24.9 Å². The highest BCUT2D eigenvalue weighted by molar-refractivity contribution is 5.95. The van der Waals surface area contributed by atoms with Gasteiger partial charge in [-0.2, -0.15) is 0 Å². The first-order valence-corrected chi connectivity index (χ1v) is 9.06. The number of likely N-dealkylation sites (tertiary alicyclic amines) is 1. The minimum atomic E-state index is -0.631. The van der Waals surface area contributed by atoms with Gasteiger partial charge in [0.2, 0.25) is 17.7 Å². The zero-order valence-corrected chi connectivity index (χ0v) is 16.7. The van der Waals surface area contributed by atoms with Crippen molar-refractivity contribution in [3.05, 3.63) is 29.8 Å². The molecule has 4 N–H and O–H groups in total. The summed E-state index contributed by atoms with van der Waals surface area (Å²) in [5, 5.41) is 5.30. The number of halogens is 1. The molecule has 1 aromatic carbocycles. The molecule has 1 heterocycles. The van der Waals surface area contributed by atoms with Gasteiger partial charge in [-0.1, -0.05) is 26.0 Å². The topological polar surface area (TPSA) is 105 Å². The van der Waals surface area contributed by atoms with Gasteiger partial charge in [0, 0.05) is 25.2 Å². The lowest BCUT2D eigenvalue weighted by Gasteiger charge is -2.26. The highest BCUT2D eigenvalue weighted by Crippen LogP contribution is 2.17. The molecule has 3 amide bonds. The van der Waals surface area contributed by atoms with Crippen molar-refractivity contribution in [1.29, 1.82) is 0 Å². The van der Waals surface area contributed by atoms with Crippen molar-refractivity contribution in [1.82, 2.24) is 10.2 Å². The first-order valence-electron chi connectivity index (χ1n) is 9.06. The summed E-state index contributed by atoms with van der Waals surface area (Å²) in [6, 6.07) is 6.77. The number of hydrogen-bond acceptors (Lipinski definition) is 4. The number of nitrogens with zero attached hydrogens (tertiary/aromatic N) is 1. The van der Waals surface area contributed by atoms with Crippen LogP contribution in [0.3, 0.4) is 0 Å². The van der Waals surface area contributed by atoms with E-state index in [-0.39, 0.29) is 42.6 Å². The molecule has 0 aliphatic carbocycles. The third-order valence-electron chi connectivity index (χ3n) is 4.45. The fraction of sp³-hybridized carbons (Fsp3) is 0.526. The summed E-state index contributed by atoms with van der Waals surface area (Å²) in [4.78, 5) is 37.6. The largest absolute Gasteiger partial charge is 0.346 e. The number of nitrogens with two attached hydrogens (primary N) is 1. The fourth-order valence-corrected chi connectivity index (χ4v) is 2.79. The van der Waals surface area contributed by atoms with Gasteiger partial charge in [0.15, 0.2) is 0 Å². The van der Waals surface area contributed by atoms with Crippen LogP contribution >= 0.6 is 12.4 Å². The summed E-state index contributed by atoms with van der Waals surface area (Å²) in [6.07, 6.45) is 2.59. The van der Waals surface area contributed by atoms with Crippen LogP contribution in [0, 0.1) is 5.92 Å². The Bertz CT molecular complexity index is 666. The molecule has 2 rings (SSSR count). The minimum absolute atomic E-state index is 0. The van der Waals surface area contributed by atoms with Crippen LogP contribution in [0.2, 0.25) is 0 Å². The first-order chi connectivity index (χ1) is 12.4. The van der Waals surface area contributed by atoms with Crippen LogP contribution < -0.4 is 16.4 Å². The van der Waals surface area contributed by atoms with Gasteiger partial charge < -0.3 is 21.3 Å². The average Bonchev–Trinajstić information content (AvgIpc) is 2.61. The molecule has 8 heteroatoms. The van der Waals surface area contributed by atoms with E-state index in [1.807, 2.05) is 36.9 Å². The Hall–Kier alpha value is -2.12. The zero-order valence-electron chi connectivity index (χ0n) is 15.9. The number of anilines is 1. The summed E-state index contributed by atoms with van der Waals surface area (Å²) in [6.45, 7) is 4.89. The number of carbonyl (C=O) groups is 3. The summed E-state index contributed by atoms with van der Waals surface area (Å²) in [5.41, 5.74) is 7.34. The molecule has 27 heavy (non-hydrogen) atoms. The van der Waals surface area contributed by atoms with Gasteiger partial charge in [0.1, 0.15) is 0 Å². The van der Waals surface area contributed by atoms with Crippen LogP contribution in [0.15, 0.2) is 24.3 Å². The van der Waals surface area contributed by atoms with E-state index in [9.17, 15) is 14.4 Å². The highest BCUT2D eigenvalue weighted by Gasteiger charge is 2.19. The zero-order chi connectivity index (χ0) is 19.1. The molecule has 0 aromatic heterocycles. The monoisotopic (exact) mass is 396 g/mol. The summed E-state index contributed by atoms with van der Waals surface area (Å²) in [7, 11) is 0. The summed E-state index contributed by atoms with van der Waals surface area (Å²) < 4.78 is 0. The van der Waals surface area contributed by atoms with Gasteiger partial charge >= 0.3 is 0 Å². The van der Waals surface area contributed by atoms with Crippen molar-refractivity contribution in [2.75, 3.05) is 18.4 Å². The lowest BCUT2D eigenvalue weighted by Crippen LogP contribution is -2.46. The molecular formula is C19H29ClN4O3. The average molecular weight is 397 g/mol. The number of piperidine rings is 1. The molecule has 0 radical (unpaired) electrons. The molecule has 0 spiro atoms. The van der Waals surface area contributed by atoms with Gasteiger partial charge in [0.05, 0.1) is 12.6 Å². The van der Waals surface area contributed by atoms with Crippen LogP contribution in [0.25, 0.3) is 0 Å². The SMILES string of the molecule is CC(C)[C@H](N)C(=O)NCC(=O)Nc1cccc(CN2CCCCC2=O)c1.Cl. The quantitative estimate of drug-likeness (QED) is 0.651. The van der Waals surface area contributed by atoms with E-state index in [1.165, 1.54) is 0 Å². The standard InChI is InChI=1S/C19H28N4O3.ClH/c1-13(2)18(20)19(26)21-11-16(24)22-15-7-5-6-14(10-15)12-23-9-4-3-8-17(23)25;/h5-7,10,13,18H,3-4,8-9,11-12,20H2,1-2H3,(H,21,26)(H,22,24);1H/t18-;/m0./s1. The molecule has 1 fully saturated rings. The normalized spacial score (nSPS) is 15.1. The number of carbonyl (C=O) groups excluding carboxylic acids is 3. The molecule has 7 nitrogen and oxygen atoms in total. The van der Waals surface area contributed by atoms with Gasteiger partial charge in [-0.15, -0.1) is 12.4 Å². The van der Waals surface area contributed by atoms with E-state index in [0.29, 0.717) is 18.7 Å². The smallest absolute Gasteiger partial charge is 0.243 e. The second-order valence-corrected chi connectivity index (χ2v) is 7.01. The van der Waals surface area contributed by atoms with E-state index in [4.69, 9.17) is 5.73 Å². The molecule has 1 atom stereocenters. The Morgan fingerprint density at radius 1 is 1.26 bits per heavy atom. The molecule has 1 saturated heterocycles. The van der Waals surface area contributed by atoms with E-state index >= 15 is 0 Å². The third kappa shape index (κ3) is 7.19. The van der Waals surface area contributed by atoms with Crippen LogP contribution in [0.4, 0.5) is 5.69 Å². The Morgan fingerprint density at radius 2 is 2.00 bits per heavy atom. The number of rotatable bonds is 7. The number of amides is 3. The fourth-order valence-electron chi connectivity index (χ4n) is 2.79. The Morgan fingerprint density at radius 3 is 2.67 bits per heavy atom. The summed E-state index contributed by atoms with van der Waals surface area (Å²) in [5.74, 6) is -0.477. The lowest BCUT2D eigenvalue weighted by molar-refractivity contribution is -0.133. The van der Waals surface area contributed by atoms with Crippen molar-refractivity contribution in [2.45, 2.75) is 45.7 Å². The number of nitrogens with one attached hydrogen (secondary N) is 2. The Balaban J connectivity index is 0.00000364. The maximum absolute atomic E-state index is 12.0. The number of benzene rings is 1. The van der Waals surface area contributed by atoms with Crippen LogP contribution in [0.5, 0.6) is 0 Å². The molecule has 150 valence electrons. The van der Waals surface area contributed by atoms with Crippen molar-refractivity contribution in [3.63, 3.8) is 0 Å². The maximum Gasteiger partial charge on any atom is 0.243 e. The second kappa shape index (κ2) is 10.9. The van der Waals surface area contributed by atoms with Gasteiger partial charge in [0.25, 0.3) is 0 Å². The van der Waals surface area contributed by atoms with Gasteiger partial charge in [-0.25, -0.2) is 0 Å². The molecule has 0 bridgehead atoms. The van der Waals surface area contributed by atoms with Crippen molar-refractivity contribution >= 4 is 35.8 Å². The van der Waals surface area contributed by atoms with Crippen molar-refractivity contribution < 1.29 is 14.4 Å². The number of hydrogen-bond donors (Lipinski definition) is 3. The van der Waals surface area contributed by atoms with Crippen LogP contribution in [-0.4, -0.2) is 41.8 Å². The van der Waals surface area contributed by atoms with Gasteiger partial charge in [-0.05, 0) is 36.5 Å². The predicted octanol–water partition coefficient (Wildman–Crippen LogP) is 1.66. The minimum Gasteiger partial charge on any atom is -0.346 e. The third-order valence-corrected chi connectivity index (χ3v) is 4.45. The predicted molar refractivity (Wildman–Crippen MR) is 107 cm³/mol. The van der Waals surface area contributed by atoms with Gasteiger partial charge in [-0.3, -0.25) is 14.4 Å². The van der Waals surface area contributed by atoms with E-state index in [1.54, 1.807) is 6.07 Å². The Kier molecular flexibility index (Phi) is 9.25. The maximum atomic E-state index is 12.0. The molecule has 1 aliphatic rings. The van der Waals surface area contributed by atoms with E-state index in [2.05, 4.69) is 10.6 Å². The lowest BCUT2D eigenvalue weighted by atomic mass is 10.1. The summed E-state index contributed by atoms with van der Waals surface area (Å²) >= 11 is 0. The molecule has 0 unspecified atom stereocenters. The molecule has 1 aliphatic heterocycles. The van der Waals surface area contributed by atoms with Crippen molar-refractivity contribution in [2.24, 2.45) is 11.7 Å². The second-order valence-electron chi connectivity index (χ2n) is 7.01. The van der Waals surface area contributed by atoms with Crippen molar-refractivity contribution in [3.8, 4) is 0 Å². The Labute approximate surface area is 166 Å². The van der Waals surface area contributed by atoms with Crippen LogP contribution in [0.1, 0.15) is 38.7 Å². The molecule has 0 saturated carbocycles. The highest BCUT2D eigenvalue weighted by atomic mass is 35.5. The first kappa shape index (κ1) is 22.9. The molecular weight excluding hydrogens is 368 g/mol.